The maximum Gasteiger partial charge on any atom is 0.231 e. The van der Waals surface area contributed by atoms with Crippen molar-refractivity contribution >= 4 is 23.2 Å². The van der Waals surface area contributed by atoms with Gasteiger partial charge < -0.3 is 15.1 Å². The van der Waals surface area contributed by atoms with Crippen molar-refractivity contribution in [1.82, 2.24) is 0 Å². The zero-order valence-electron chi connectivity index (χ0n) is 14.7. The van der Waals surface area contributed by atoms with E-state index in [0.29, 0.717) is 22.7 Å². The molecule has 0 radical (unpaired) electrons. The third-order valence-electron chi connectivity index (χ3n) is 4.79. The Labute approximate surface area is 152 Å². The highest BCUT2D eigenvalue weighted by Gasteiger charge is 2.32. The number of nitrogens with zero attached hydrogens (tertiary/aromatic N) is 1. The molecule has 4 nitrogen and oxygen atoms in total. The van der Waals surface area contributed by atoms with Crippen molar-refractivity contribution in [3.63, 3.8) is 0 Å². The molecular weight excluding hydrogens is 338 g/mol. The van der Waals surface area contributed by atoms with Crippen molar-refractivity contribution in [1.29, 1.82) is 0 Å². The molecule has 2 aromatic carbocycles. The first-order chi connectivity index (χ1) is 11.9. The van der Waals surface area contributed by atoms with Crippen LogP contribution in [0.2, 0.25) is 5.02 Å². The molecule has 2 aromatic rings. The van der Waals surface area contributed by atoms with E-state index in [1.54, 1.807) is 23.1 Å². The summed E-state index contributed by atoms with van der Waals surface area (Å²) in [5.41, 5.74) is 4.20. The van der Waals surface area contributed by atoms with Crippen LogP contribution in [-0.2, 0) is 17.6 Å². The summed E-state index contributed by atoms with van der Waals surface area (Å²) >= 11 is 6.40. The number of likely N-dealkylation sites (N-methyl/N-ethyl adjacent to an activating group) is 1. The van der Waals surface area contributed by atoms with E-state index in [2.05, 4.69) is 0 Å². The molecule has 0 aromatic heterocycles. The van der Waals surface area contributed by atoms with Gasteiger partial charge in [-0.2, -0.15) is 0 Å². The van der Waals surface area contributed by atoms with Gasteiger partial charge in [-0.1, -0.05) is 24.9 Å². The average molecular weight is 360 g/mol. The van der Waals surface area contributed by atoms with E-state index in [9.17, 15) is 15.0 Å². The van der Waals surface area contributed by atoms with Gasteiger partial charge in [-0.25, -0.2) is 0 Å². The molecule has 3 rings (SSSR count). The fraction of sp³-hybridized carbons (Fsp3) is 0.350. The van der Waals surface area contributed by atoms with Gasteiger partial charge in [0.2, 0.25) is 5.91 Å². The van der Waals surface area contributed by atoms with Crippen molar-refractivity contribution in [3.05, 3.63) is 39.9 Å². The molecule has 2 N–H and O–H groups in total. The largest absolute Gasteiger partial charge is 0.507 e. The Morgan fingerprint density at radius 2 is 1.76 bits per heavy atom. The molecule has 1 amide bonds. The summed E-state index contributed by atoms with van der Waals surface area (Å²) in [6.07, 6.45) is 1.94. The zero-order valence-corrected chi connectivity index (χ0v) is 15.4. The number of phenols is 2. The van der Waals surface area contributed by atoms with Crippen molar-refractivity contribution in [2.24, 2.45) is 0 Å². The fourth-order valence-corrected chi connectivity index (χ4v) is 3.83. The number of rotatable bonds is 4. The highest BCUT2D eigenvalue weighted by Crippen LogP contribution is 2.48. The van der Waals surface area contributed by atoms with Crippen LogP contribution in [0.15, 0.2) is 18.2 Å². The Bertz CT molecular complexity index is 838. The molecule has 132 valence electrons. The summed E-state index contributed by atoms with van der Waals surface area (Å²) in [6, 6.07) is 5.16. The highest BCUT2D eigenvalue weighted by molar-refractivity contribution is 6.32. The maximum atomic E-state index is 12.3. The Balaban J connectivity index is 2.28. The molecule has 0 fully saturated rings. The third-order valence-corrected chi connectivity index (χ3v) is 5.18. The number of aromatic hydroxyl groups is 2. The minimum atomic E-state index is 0.00185. The van der Waals surface area contributed by atoms with Crippen LogP contribution in [0.5, 0.6) is 11.5 Å². The van der Waals surface area contributed by atoms with Gasteiger partial charge in [-0.15, -0.1) is 0 Å². The van der Waals surface area contributed by atoms with Crippen LogP contribution in [0.3, 0.4) is 0 Å². The Kier molecular flexibility index (Phi) is 4.65. The van der Waals surface area contributed by atoms with E-state index in [1.807, 2.05) is 20.8 Å². The van der Waals surface area contributed by atoms with Crippen molar-refractivity contribution < 1.29 is 15.0 Å². The number of hydrogen-bond acceptors (Lipinski definition) is 3. The molecule has 0 spiro atoms. The van der Waals surface area contributed by atoms with Crippen LogP contribution in [0.4, 0.5) is 5.69 Å². The number of hydrogen-bond donors (Lipinski definition) is 2. The topological polar surface area (TPSA) is 60.8 Å². The van der Waals surface area contributed by atoms with Gasteiger partial charge in [0.05, 0.1) is 12.0 Å². The molecule has 0 unspecified atom stereocenters. The number of halogens is 1. The third kappa shape index (κ3) is 2.85. The monoisotopic (exact) mass is 359 g/mol. The lowest BCUT2D eigenvalue weighted by Gasteiger charge is -2.19. The number of benzene rings is 2. The van der Waals surface area contributed by atoms with Crippen LogP contribution >= 0.6 is 11.6 Å². The molecule has 1 heterocycles. The van der Waals surface area contributed by atoms with Crippen molar-refractivity contribution in [2.75, 3.05) is 11.4 Å². The SMILES string of the molecule is CCCc1cc(O)c(-c2c(C)c(Cl)cc3c2CC(=O)N3CC)c(O)c1. The van der Waals surface area contributed by atoms with E-state index in [4.69, 9.17) is 11.6 Å². The maximum absolute atomic E-state index is 12.3. The van der Waals surface area contributed by atoms with Crippen LogP contribution in [-0.4, -0.2) is 22.7 Å². The van der Waals surface area contributed by atoms with Gasteiger partial charge in [0, 0.05) is 17.3 Å². The first kappa shape index (κ1) is 17.6. The van der Waals surface area contributed by atoms with Crippen LogP contribution < -0.4 is 4.90 Å². The molecule has 0 bridgehead atoms. The van der Waals surface area contributed by atoms with Crippen LogP contribution in [0.25, 0.3) is 11.1 Å². The molecule has 0 atom stereocenters. The van der Waals surface area contributed by atoms with Gasteiger partial charge in [-0.05, 0) is 60.7 Å². The smallest absolute Gasteiger partial charge is 0.231 e. The average Bonchev–Trinajstić information content (AvgIpc) is 2.85. The normalized spacial score (nSPS) is 13.4. The zero-order chi connectivity index (χ0) is 18.3. The predicted molar refractivity (Wildman–Crippen MR) is 101 cm³/mol. The number of carbonyl (C=O) groups excluding carboxylic acids is 1. The van der Waals surface area contributed by atoms with Gasteiger partial charge in [0.1, 0.15) is 11.5 Å². The number of phenolic OH excluding ortho intramolecular Hbond substituents is 2. The number of carbonyl (C=O) groups is 1. The molecule has 25 heavy (non-hydrogen) atoms. The van der Waals surface area contributed by atoms with Gasteiger partial charge in [0.25, 0.3) is 0 Å². The highest BCUT2D eigenvalue weighted by atomic mass is 35.5. The van der Waals surface area contributed by atoms with Crippen molar-refractivity contribution in [2.45, 2.75) is 40.0 Å². The summed E-state index contributed by atoms with van der Waals surface area (Å²) in [7, 11) is 0. The fourth-order valence-electron chi connectivity index (χ4n) is 3.63. The van der Waals surface area contributed by atoms with E-state index in [-0.39, 0.29) is 23.8 Å². The second-order valence-corrected chi connectivity index (χ2v) is 6.84. The number of fused-ring (bicyclic) bond motifs is 1. The molecule has 1 aliphatic heterocycles. The van der Waals surface area contributed by atoms with Gasteiger partial charge in [-0.3, -0.25) is 4.79 Å². The second kappa shape index (κ2) is 6.60. The standard InChI is InChI=1S/C20H22ClNO3/c1-4-6-12-7-16(23)20(17(24)8-12)19-11(3)14(21)10-15-13(19)9-18(25)22(15)5-2/h7-8,10,23-24H,4-6,9H2,1-3H3. The van der Waals surface area contributed by atoms with E-state index in [1.165, 1.54) is 0 Å². The summed E-state index contributed by atoms with van der Waals surface area (Å²) in [6.45, 7) is 6.35. The Morgan fingerprint density at radius 3 is 2.32 bits per heavy atom. The summed E-state index contributed by atoms with van der Waals surface area (Å²) in [5.74, 6) is 0.0267. The van der Waals surface area contributed by atoms with E-state index >= 15 is 0 Å². The van der Waals surface area contributed by atoms with Crippen LogP contribution in [0.1, 0.15) is 37.0 Å². The molecule has 5 heteroatoms. The number of amides is 1. The quantitative estimate of drug-likeness (QED) is 0.839. The molecule has 0 aliphatic carbocycles. The lowest BCUT2D eigenvalue weighted by molar-refractivity contribution is -0.117. The van der Waals surface area contributed by atoms with Crippen molar-refractivity contribution in [3.8, 4) is 22.6 Å². The lowest BCUT2D eigenvalue weighted by Crippen LogP contribution is -2.25. The van der Waals surface area contributed by atoms with Gasteiger partial charge >= 0.3 is 0 Å². The minimum absolute atomic E-state index is 0.00185. The summed E-state index contributed by atoms with van der Waals surface area (Å²) < 4.78 is 0. The van der Waals surface area contributed by atoms with Gasteiger partial charge in [0.15, 0.2) is 0 Å². The first-order valence-corrected chi connectivity index (χ1v) is 8.94. The Hall–Kier alpha value is -2.20. The van der Waals surface area contributed by atoms with E-state index < -0.39 is 0 Å². The second-order valence-electron chi connectivity index (χ2n) is 6.43. The lowest BCUT2D eigenvalue weighted by atomic mass is 9.91. The molecule has 0 saturated carbocycles. The number of aryl methyl sites for hydroxylation is 1. The predicted octanol–water partition coefficient (Wildman–Crippen LogP) is 4.59. The molecule has 1 aliphatic rings. The first-order valence-electron chi connectivity index (χ1n) is 8.56. The summed E-state index contributed by atoms with van der Waals surface area (Å²) in [5, 5.41) is 21.7. The Morgan fingerprint density at radius 1 is 1.12 bits per heavy atom. The van der Waals surface area contributed by atoms with E-state index in [0.717, 1.165) is 35.2 Å². The summed E-state index contributed by atoms with van der Waals surface area (Å²) in [4.78, 5) is 14.0. The molecule has 0 saturated heterocycles. The number of anilines is 1. The minimum Gasteiger partial charge on any atom is -0.507 e. The van der Waals surface area contributed by atoms with Crippen LogP contribution in [0, 0.1) is 6.92 Å². The molecular formula is C20H22ClNO3.